The molecule has 1 aliphatic rings. The lowest BCUT2D eigenvalue weighted by atomic mass is 9.70. The largest absolute Gasteiger partial charge is 0.405 e. The van der Waals surface area contributed by atoms with Crippen LogP contribution < -0.4 is 5.73 Å². The van der Waals surface area contributed by atoms with Gasteiger partial charge in [0.15, 0.2) is 0 Å². The van der Waals surface area contributed by atoms with Crippen LogP contribution in [0.2, 0.25) is 0 Å². The summed E-state index contributed by atoms with van der Waals surface area (Å²) in [5, 5.41) is 10.0. The zero-order chi connectivity index (χ0) is 24.3. The average molecular weight is 446 g/mol. The summed E-state index contributed by atoms with van der Waals surface area (Å²) < 4.78 is 0. The Bertz CT molecular complexity index is 945. The van der Waals surface area contributed by atoms with Gasteiger partial charge in [-0.3, -0.25) is 14.8 Å². The van der Waals surface area contributed by atoms with Crippen LogP contribution in [0.4, 0.5) is 0 Å². The van der Waals surface area contributed by atoms with Gasteiger partial charge in [0.25, 0.3) is 0 Å². The summed E-state index contributed by atoms with van der Waals surface area (Å²) in [7, 11) is 2.15. The number of nitrogens with two attached hydrogens (primary N) is 1. The van der Waals surface area contributed by atoms with Crippen molar-refractivity contribution >= 4 is 6.08 Å². The number of allylic oxidation sites excluding steroid dienone is 1. The summed E-state index contributed by atoms with van der Waals surface area (Å²) in [5.41, 5.74) is 9.54. The van der Waals surface area contributed by atoms with Crippen molar-refractivity contribution in [2.45, 2.75) is 51.9 Å². The molecule has 5 nitrogen and oxygen atoms in total. The Hall–Kier alpha value is -2.94. The molecule has 0 radical (unpaired) electrons. The van der Waals surface area contributed by atoms with Crippen LogP contribution in [0, 0.1) is 18.3 Å². The molecule has 5 heteroatoms. The first kappa shape index (κ1) is 26.3. The summed E-state index contributed by atoms with van der Waals surface area (Å²) >= 11 is 0. The molecule has 2 heterocycles. The van der Waals surface area contributed by atoms with Crippen molar-refractivity contribution in [3.8, 4) is 6.07 Å². The number of hydrogen-bond donors (Lipinski definition) is 1. The Morgan fingerprint density at radius 2 is 1.82 bits per heavy atom. The number of pyridine rings is 1. The molecule has 1 aromatic carbocycles. The molecule has 33 heavy (non-hydrogen) atoms. The first-order valence-corrected chi connectivity index (χ1v) is 11.8. The maximum atomic E-state index is 10.0. The van der Waals surface area contributed by atoms with Crippen molar-refractivity contribution < 1.29 is 0 Å². The summed E-state index contributed by atoms with van der Waals surface area (Å²) in [4.78, 5) is 9.37. The molecule has 176 valence electrons. The van der Waals surface area contributed by atoms with Gasteiger partial charge in [-0.2, -0.15) is 5.26 Å². The Morgan fingerprint density at radius 3 is 2.33 bits per heavy atom. The van der Waals surface area contributed by atoms with Gasteiger partial charge in [0.2, 0.25) is 0 Å². The third-order valence-electron chi connectivity index (χ3n) is 6.37. The van der Waals surface area contributed by atoms with Crippen LogP contribution >= 0.6 is 0 Å². The van der Waals surface area contributed by atoms with Crippen LogP contribution in [0.3, 0.4) is 0 Å². The first-order chi connectivity index (χ1) is 15.9. The van der Waals surface area contributed by atoms with E-state index in [0.29, 0.717) is 0 Å². The molecule has 3 rings (SSSR count). The predicted molar refractivity (Wildman–Crippen MR) is 138 cm³/mol. The lowest BCUT2D eigenvalue weighted by Gasteiger charge is -2.40. The van der Waals surface area contributed by atoms with Crippen LogP contribution in [0.25, 0.3) is 6.08 Å². The minimum atomic E-state index is -0.277. The molecule has 0 bridgehead atoms. The predicted octanol–water partition coefficient (Wildman–Crippen LogP) is 5.24. The van der Waals surface area contributed by atoms with Crippen LogP contribution in [0.15, 0.2) is 60.8 Å². The van der Waals surface area contributed by atoms with E-state index in [2.05, 4.69) is 78.3 Å². The van der Waals surface area contributed by atoms with Crippen molar-refractivity contribution in [2.24, 2.45) is 5.73 Å². The van der Waals surface area contributed by atoms with Crippen molar-refractivity contribution in [1.29, 1.82) is 5.26 Å². The maximum absolute atomic E-state index is 10.0. The quantitative estimate of drug-likeness (QED) is 0.535. The Labute approximate surface area is 200 Å². The lowest BCUT2D eigenvalue weighted by Crippen LogP contribution is -2.52. The highest BCUT2D eigenvalue weighted by molar-refractivity contribution is 5.60. The van der Waals surface area contributed by atoms with Gasteiger partial charge in [0, 0.05) is 23.2 Å². The second kappa shape index (κ2) is 12.9. The Morgan fingerprint density at radius 1 is 1.18 bits per heavy atom. The molecule has 1 fully saturated rings. The topological polar surface area (TPSA) is 69.2 Å². The molecule has 2 N–H and O–H groups in total. The van der Waals surface area contributed by atoms with Crippen LogP contribution in [0.1, 0.15) is 55.6 Å². The fraction of sp³-hybridized carbons (Fsp3) is 0.429. The van der Waals surface area contributed by atoms with Gasteiger partial charge >= 0.3 is 0 Å². The molecule has 0 aliphatic carbocycles. The summed E-state index contributed by atoms with van der Waals surface area (Å²) in [6, 6.07) is 17.4. The Kier molecular flexibility index (Phi) is 10.3. The number of rotatable bonds is 9. The SMILES string of the molecule is C=CN.CCC(CC)(/C(C#N)=C/c1cccc(C)n1)c1ccc(CCCN2CN(C)C2)cc1. The zero-order valence-electron chi connectivity index (χ0n) is 20.7. The second-order valence-electron chi connectivity index (χ2n) is 8.73. The van der Waals surface area contributed by atoms with Gasteiger partial charge in [-0.25, -0.2) is 0 Å². The van der Waals surface area contributed by atoms with E-state index < -0.39 is 0 Å². The molecule has 0 spiro atoms. The third-order valence-corrected chi connectivity index (χ3v) is 6.37. The van der Waals surface area contributed by atoms with Crippen LogP contribution in [-0.2, 0) is 11.8 Å². The van der Waals surface area contributed by atoms with E-state index in [1.165, 1.54) is 23.7 Å². The molecule has 2 aromatic rings. The summed E-state index contributed by atoms with van der Waals surface area (Å²) in [6.45, 7) is 12.8. The average Bonchev–Trinajstić information content (AvgIpc) is 2.79. The molecule has 1 aromatic heterocycles. The van der Waals surface area contributed by atoms with E-state index >= 15 is 0 Å². The molecular formula is C28H39N5. The van der Waals surface area contributed by atoms with E-state index in [9.17, 15) is 5.26 Å². The van der Waals surface area contributed by atoms with Crippen molar-refractivity contribution in [2.75, 3.05) is 26.9 Å². The van der Waals surface area contributed by atoms with Crippen LogP contribution in [-0.4, -0.2) is 41.7 Å². The third kappa shape index (κ3) is 7.02. The molecule has 0 atom stereocenters. The van der Waals surface area contributed by atoms with E-state index in [1.807, 2.05) is 31.2 Å². The second-order valence-corrected chi connectivity index (χ2v) is 8.73. The van der Waals surface area contributed by atoms with Crippen molar-refractivity contribution in [3.63, 3.8) is 0 Å². The monoisotopic (exact) mass is 445 g/mol. The molecule has 0 amide bonds. The fourth-order valence-corrected chi connectivity index (χ4v) is 4.54. The molecule has 0 unspecified atom stereocenters. The number of aromatic nitrogens is 1. The van der Waals surface area contributed by atoms with E-state index in [0.717, 1.165) is 56.1 Å². The van der Waals surface area contributed by atoms with E-state index in [4.69, 9.17) is 0 Å². The van der Waals surface area contributed by atoms with Crippen LogP contribution in [0.5, 0.6) is 0 Å². The van der Waals surface area contributed by atoms with Gasteiger partial charge in [0.05, 0.1) is 25.1 Å². The van der Waals surface area contributed by atoms with Gasteiger partial charge < -0.3 is 5.73 Å². The minimum Gasteiger partial charge on any atom is -0.405 e. The summed E-state index contributed by atoms with van der Waals surface area (Å²) in [6.07, 6.45) is 7.27. The zero-order valence-corrected chi connectivity index (χ0v) is 20.7. The first-order valence-electron chi connectivity index (χ1n) is 11.8. The highest BCUT2D eigenvalue weighted by Crippen LogP contribution is 2.39. The maximum Gasteiger partial charge on any atom is 0.0957 e. The number of nitriles is 1. The van der Waals surface area contributed by atoms with Gasteiger partial charge in [0.1, 0.15) is 0 Å². The van der Waals surface area contributed by atoms with Gasteiger partial charge in [-0.15, -0.1) is 0 Å². The van der Waals surface area contributed by atoms with E-state index in [1.54, 1.807) is 0 Å². The molecular weight excluding hydrogens is 406 g/mol. The number of aryl methyl sites for hydroxylation is 2. The highest BCUT2D eigenvalue weighted by Gasteiger charge is 2.33. The fourth-order valence-electron chi connectivity index (χ4n) is 4.54. The Balaban J connectivity index is 0.00000122. The molecule has 0 saturated carbocycles. The normalized spacial score (nSPS) is 14.6. The molecule has 1 aliphatic heterocycles. The summed E-state index contributed by atoms with van der Waals surface area (Å²) in [5.74, 6) is 0. The standard InChI is InChI=1S/C26H34N4.C2H5N/c1-5-26(6-2,24(18-27)17-25-11-7-9-21(3)28-25)23-14-12-22(13-15-23)10-8-16-30-19-29(4)20-30;1-2-3/h7,9,11-15,17H,5-6,8,10,16,19-20H2,1-4H3;2H,1,3H2/b24-17+;. The molecule has 1 saturated heterocycles. The number of hydrogen-bond acceptors (Lipinski definition) is 5. The number of nitrogens with zero attached hydrogens (tertiary/aromatic N) is 4. The van der Waals surface area contributed by atoms with Gasteiger partial charge in [-0.05, 0) is 75.2 Å². The highest BCUT2D eigenvalue weighted by atomic mass is 15.5. The van der Waals surface area contributed by atoms with Gasteiger partial charge in [-0.1, -0.05) is 50.8 Å². The van der Waals surface area contributed by atoms with E-state index in [-0.39, 0.29) is 5.41 Å². The minimum absolute atomic E-state index is 0.277. The number of benzene rings is 1. The smallest absolute Gasteiger partial charge is 0.0957 e. The van der Waals surface area contributed by atoms with Crippen molar-refractivity contribution in [3.05, 3.63) is 83.3 Å². The lowest BCUT2D eigenvalue weighted by molar-refractivity contribution is -0.00900. The van der Waals surface area contributed by atoms with Crippen molar-refractivity contribution in [1.82, 2.24) is 14.8 Å².